The summed E-state index contributed by atoms with van der Waals surface area (Å²) in [7, 11) is 0. The first-order valence-electron chi connectivity index (χ1n) is 18.9. The van der Waals surface area contributed by atoms with Gasteiger partial charge in [0.1, 0.15) is 46.7 Å². The fourth-order valence-corrected chi connectivity index (χ4v) is 9.89. The van der Waals surface area contributed by atoms with Crippen LogP contribution in [-0.2, 0) is 4.74 Å². The van der Waals surface area contributed by atoms with Gasteiger partial charge in [0.25, 0.3) is 0 Å². The summed E-state index contributed by atoms with van der Waals surface area (Å²) in [4.78, 5) is 18.3. The van der Waals surface area contributed by atoms with Crippen molar-refractivity contribution in [2.45, 2.75) is 64.2 Å². The van der Waals surface area contributed by atoms with E-state index >= 15 is 4.39 Å². The van der Waals surface area contributed by atoms with E-state index in [2.05, 4.69) is 42.9 Å². The van der Waals surface area contributed by atoms with E-state index in [0.717, 1.165) is 51.9 Å². The van der Waals surface area contributed by atoms with E-state index < -0.39 is 18.1 Å². The largest absolute Gasteiger partial charge is 0.483 e. The van der Waals surface area contributed by atoms with Gasteiger partial charge in [0.05, 0.1) is 21.3 Å². The maximum absolute atomic E-state index is 16.2. The van der Waals surface area contributed by atoms with Gasteiger partial charge in [-0.15, -0.1) is 0 Å². The Balaban J connectivity index is 1.16. The molecule has 1 unspecified atom stereocenters. The van der Waals surface area contributed by atoms with E-state index in [1.807, 2.05) is 6.07 Å². The van der Waals surface area contributed by atoms with Gasteiger partial charge in [0.15, 0.2) is 17.8 Å². The van der Waals surface area contributed by atoms with Crippen LogP contribution in [0.2, 0.25) is 10.0 Å². The number of rotatable bonds is 8. The SMILES string of the molecule is C[C@@H](Oc1cc2c(-c3cc(-c4c(Br)cnc(N5CC6(CC6)C5)c4C#N)c(C#N)c(N4CC5(CC5)C4)n3)nn(C3CCCCO3)c2cc1F)c1c(Cl)cncc1Cl. The third-order valence-corrected chi connectivity index (χ3v) is 13.4. The molecule has 5 fully saturated rings. The van der Waals surface area contributed by atoms with E-state index in [-0.39, 0.29) is 11.2 Å². The van der Waals surface area contributed by atoms with Crippen molar-refractivity contribution < 1.29 is 13.9 Å². The van der Waals surface area contributed by atoms with Crippen molar-refractivity contribution in [2.24, 2.45) is 10.8 Å². The molecule has 56 heavy (non-hydrogen) atoms. The number of pyridine rings is 3. The Bertz CT molecular complexity index is 2520. The molecular weight excluding hydrogens is 820 g/mol. The zero-order chi connectivity index (χ0) is 38.5. The monoisotopic (exact) mass is 853 g/mol. The lowest BCUT2D eigenvalue weighted by atomic mass is 9.91. The van der Waals surface area contributed by atoms with Gasteiger partial charge in [0.2, 0.25) is 0 Å². The third-order valence-electron chi connectivity index (χ3n) is 12.2. The summed E-state index contributed by atoms with van der Waals surface area (Å²) >= 11 is 16.6. The standard InChI is InChI=1S/C41H35BrCl2FN9O2/c1-22(35-28(43)16-48-17-29(35)44)56-33-11-24-32(12-30(33)45)54(34-4-2-3-9-55-34)51-37(24)31-10-23(25(13-46)39(50-31)53-20-41(21-53)7-8-41)36-26(14-47)38(49-15-27(36)42)52-18-40(19-52)5-6-40/h10-12,15-17,22,34H,2-9,18-21H2,1H3/t22-,34?/m1/s1. The quantitative estimate of drug-likeness (QED) is 0.149. The van der Waals surface area contributed by atoms with Crippen molar-refractivity contribution in [2.75, 3.05) is 42.6 Å². The molecule has 11 nitrogen and oxygen atoms in total. The second-order valence-electron chi connectivity index (χ2n) is 16.1. The molecule has 15 heteroatoms. The number of ether oxygens (including phenoxy) is 2. The Morgan fingerprint density at radius 3 is 2.25 bits per heavy atom. The number of anilines is 2. The van der Waals surface area contributed by atoms with Gasteiger partial charge in [-0.2, -0.15) is 15.6 Å². The first-order valence-corrected chi connectivity index (χ1v) is 20.5. The van der Waals surface area contributed by atoms with Crippen LogP contribution in [0.1, 0.15) is 80.9 Å². The van der Waals surface area contributed by atoms with Gasteiger partial charge in [-0.3, -0.25) is 4.98 Å². The van der Waals surface area contributed by atoms with Crippen molar-refractivity contribution in [3.05, 3.63) is 73.8 Å². The highest BCUT2D eigenvalue weighted by molar-refractivity contribution is 9.10. The number of nitriles is 2. The molecule has 1 aromatic carbocycles. The van der Waals surface area contributed by atoms with Crippen LogP contribution in [0.25, 0.3) is 33.4 Å². The molecule has 10 rings (SSSR count). The predicted molar refractivity (Wildman–Crippen MR) is 213 cm³/mol. The molecule has 2 aliphatic carbocycles. The molecule has 5 aromatic rings. The second-order valence-corrected chi connectivity index (χ2v) is 17.7. The van der Waals surface area contributed by atoms with Gasteiger partial charge < -0.3 is 19.3 Å². The summed E-state index contributed by atoms with van der Waals surface area (Å²) in [5, 5.41) is 27.9. The topological polar surface area (TPSA) is 129 Å². The van der Waals surface area contributed by atoms with Crippen LogP contribution in [0.15, 0.2) is 41.3 Å². The average molecular weight is 856 g/mol. The molecular formula is C41H35BrCl2FN9O2. The molecule has 2 spiro atoms. The molecule has 3 saturated heterocycles. The van der Waals surface area contributed by atoms with E-state index in [4.69, 9.17) is 47.7 Å². The molecule has 0 N–H and O–H groups in total. The van der Waals surface area contributed by atoms with E-state index in [1.54, 1.807) is 23.9 Å². The number of aromatic nitrogens is 5. The first kappa shape index (κ1) is 35.9. The molecule has 5 aliphatic rings. The Morgan fingerprint density at radius 2 is 1.62 bits per heavy atom. The van der Waals surface area contributed by atoms with Crippen LogP contribution in [0, 0.1) is 39.3 Å². The molecule has 2 atom stereocenters. The Labute approximate surface area is 341 Å². The van der Waals surface area contributed by atoms with E-state index in [9.17, 15) is 10.5 Å². The molecule has 0 bridgehead atoms. The van der Waals surface area contributed by atoms with E-state index in [1.165, 1.54) is 31.3 Å². The number of halogens is 4. The van der Waals surface area contributed by atoms with Crippen molar-refractivity contribution >= 4 is 61.7 Å². The average Bonchev–Trinajstić information content (AvgIpc) is 4.10. The summed E-state index contributed by atoms with van der Waals surface area (Å²) in [5.41, 5.74) is 4.41. The molecule has 0 amide bonds. The fraction of sp³-hybridized carbons (Fsp3) is 0.415. The number of nitrogens with zero attached hydrogens (tertiary/aromatic N) is 9. The Hall–Kier alpha value is -4.53. The Kier molecular flexibility index (Phi) is 8.50. The van der Waals surface area contributed by atoms with Gasteiger partial charge in [-0.05, 0) is 79.9 Å². The summed E-state index contributed by atoms with van der Waals surface area (Å²) in [5.74, 6) is 0.517. The number of fused-ring (bicyclic) bond motifs is 1. The highest BCUT2D eigenvalue weighted by Crippen LogP contribution is 2.56. The third kappa shape index (κ3) is 5.89. The van der Waals surface area contributed by atoms with Gasteiger partial charge >= 0.3 is 0 Å². The molecule has 7 heterocycles. The highest BCUT2D eigenvalue weighted by atomic mass is 79.9. The van der Waals surface area contributed by atoms with Crippen LogP contribution >= 0.6 is 39.1 Å². The lowest BCUT2D eigenvalue weighted by molar-refractivity contribution is -0.0365. The summed E-state index contributed by atoms with van der Waals surface area (Å²) in [6.45, 7) is 5.59. The molecule has 284 valence electrons. The fourth-order valence-electron chi connectivity index (χ4n) is 8.70. The summed E-state index contributed by atoms with van der Waals surface area (Å²) < 4.78 is 30.9. The maximum atomic E-state index is 16.2. The van der Waals surface area contributed by atoms with Crippen molar-refractivity contribution in [1.82, 2.24) is 24.7 Å². The lowest BCUT2D eigenvalue weighted by Crippen LogP contribution is -2.49. The van der Waals surface area contributed by atoms with Crippen LogP contribution in [0.5, 0.6) is 5.75 Å². The number of hydrogen-bond acceptors (Lipinski definition) is 10. The van der Waals surface area contributed by atoms with Crippen LogP contribution in [0.4, 0.5) is 16.0 Å². The zero-order valence-corrected chi connectivity index (χ0v) is 33.6. The smallest absolute Gasteiger partial charge is 0.167 e. The van der Waals surface area contributed by atoms with Gasteiger partial charge in [-0.1, -0.05) is 23.2 Å². The minimum atomic E-state index is -0.721. The van der Waals surface area contributed by atoms with Crippen LogP contribution in [0.3, 0.4) is 0 Å². The second kappa shape index (κ2) is 13.3. The zero-order valence-electron chi connectivity index (χ0n) is 30.5. The van der Waals surface area contributed by atoms with Crippen molar-refractivity contribution in [3.63, 3.8) is 0 Å². The maximum Gasteiger partial charge on any atom is 0.167 e. The minimum Gasteiger partial charge on any atom is -0.483 e. The molecule has 4 aromatic heterocycles. The van der Waals surface area contributed by atoms with Gasteiger partial charge in [-0.25, -0.2) is 19.0 Å². The van der Waals surface area contributed by atoms with Crippen molar-refractivity contribution in [1.29, 1.82) is 10.5 Å². The van der Waals surface area contributed by atoms with Crippen LogP contribution in [-0.4, -0.2) is 57.5 Å². The predicted octanol–water partition coefficient (Wildman–Crippen LogP) is 9.55. The number of benzene rings is 1. The molecule has 2 saturated carbocycles. The van der Waals surface area contributed by atoms with E-state index in [0.29, 0.717) is 94.7 Å². The number of hydrogen-bond donors (Lipinski definition) is 0. The van der Waals surface area contributed by atoms with Crippen molar-refractivity contribution in [3.8, 4) is 40.4 Å². The lowest BCUT2D eigenvalue weighted by Gasteiger charge is -2.42. The summed E-state index contributed by atoms with van der Waals surface area (Å²) in [6, 6.07) is 9.78. The first-order chi connectivity index (χ1) is 27.1. The minimum absolute atomic E-state index is 0.0249. The normalized spacial score (nSPS) is 20.7. The Morgan fingerprint density at radius 1 is 0.946 bits per heavy atom. The van der Waals surface area contributed by atoms with Crippen LogP contribution < -0.4 is 14.5 Å². The highest BCUT2D eigenvalue weighted by Gasteiger charge is 2.54. The molecule has 0 radical (unpaired) electrons. The summed E-state index contributed by atoms with van der Waals surface area (Å²) in [6.07, 6.45) is 10.7. The molecule has 3 aliphatic heterocycles. The van der Waals surface area contributed by atoms with Gasteiger partial charge in [0, 0.05) is 94.8 Å².